The number of benzene rings is 1. The molecule has 0 aliphatic heterocycles. The maximum atomic E-state index is 13.3. The number of rotatable bonds is 2. The molecule has 0 aliphatic carbocycles. The number of halogens is 2. The summed E-state index contributed by atoms with van der Waals surface area (Å²) in [4.78, 5) is 11.5. The van der Waals surface area contributed by atoms with Gasteiger partial charge in [0.2, 0.25) is 0 Å². The van der Waals surface area contributed by atoms with Gasteiger partial charge in [0.15, 0.2) is 11.5 Å². The van der Waals surface area contributed by atoms with Crippen LogP contribution in [0.1, 0.15) is 10.4 Å². The lowest BCUT2D eigenvalue weighted by Gasteiger charge is -2.03. The molecule has 1 aromatic carbocycles. The molecule has 5 nitrogen and oxygen atoms in total. The number of carbonyl (C=O) groups is 1. The van der Waals surface area contributed by atoms with E-state index >= 15 is 0 Å². The Hall–Kier alpha value is -2.83. The van der Waals surface area contributed by atoms with E-state index < -0.39 is 17.6 Å². The summed E-state index contributed by atoms with van der Waals surface area (Å²) in [7, 11) is 1.27. The quantitative estimate of drug-likeness (QED) is 0.680. The standard InChI is InChI=1S/C14H9F2N3O2/c1-21-14(20)8-2-3-12-17-18-13(19(12)7-8)9-4-10(15)6-11(16)5-9/h2-7H,1H3. The monoisotopic (exact) mass is 289 g/mol. The number of pyridine rings is 1. The van der Waals surface area contributed by atoms with Crippen LogP contribution in [-0.2, 0) is 4.74 Å². The minimum atomic E-state index is -0.717. The molecule has 0 saturated carbocycles. The topological polar surface area (TPSA) is 56.5 Å². The Bertz CT molecular complexity index is 825. The van der Waals surface area contributed by atoms with Crippen LogP contribution in [0.5, 0.6) is 0 Å². The number of carbonyl (C=O) groups excluding carboxylic acids is 1. The zero-order valence-electron chi connectivity index (χ0n) is 10.9. The molecule has 0 saturated heterocycles. The van der Waals surface area contributed by atoms with Gasteiger partial charge in [-0.25, -0.2) is 13.6 Å². The van der Waals surface area contributed by atoms with Gasteiger partial charge in [-0.05, 0) is 24.3 Å². The van der Waals surface area contributed by atoms with E-state index in [1.165, 1.54) is 23.8 Å². The van der Waals surface area contributed by atoms with E-state index in [-0.39, 0.29) is 17.0 Å². The molecular weight excluding hydrogens is 280 g/mol. The molecular formula is C14H9F2N3O2. The zero-order chi connectivity index (χ0) is 15.0. The molecule has 0 N–H and O–H groups in total. The Balaban J connectivity index is 2.20. The van der Waals surface area contributed by atoms with Crippen molar-refractivity contribution in [1.82, 2.24) is 14.6 Å². The fraction of sp³-hybridized carbons (Fsp3) is 0.0714. The molecule has 106 valence electrons. The summed E-state index contributed by atoms with van der Waals surface area (Å²) in [6.07, 6.45) is 1.46. The average molecular weight is 289 g/mol. The van der Waals surface area contributed by atoms with Crippen molar-refractivity contribution in [2.24, 2.45) is 0 Å². The predicted molar refractivity (Wildman–Crippen MR) is 69.7 cm³/mol. The van der Waals surface area contributed by atoms with Crippen molar-refractivity contribution in [3.63, 3.8) is 0 Å². The van der Waals surface area contributed by atoms with Crippen LogP contribution in [-0.4, -0.2) is 27.7 Å². The first kappa shape index (κ1) is 13.2. The van der Waals surface area contributed by atoms with Crippen LogP contribution in [0.2, 0.25) is 0 Å². The van der Waals surface area contributed by atoms with E-state index in [0.717, 1.165) is 18.2 Å². The fourth-order valence-corrected chi connectivity index (χ4v) is 2.01. The molecule has 2 aromatic heterocycles. The van der Waals surface area contributed by atoms with Crippen molar-refractivity contribution in [2.45, 2.75) is 0 Å². The molecule has 0 spiro atoms. The zero-order valence-corrected chi connectivity index (χ0v) is 10.9. The maximum Gasteiger partial charge on any atom is 0.339 e. The van der Waals surface area contributed by atoms with Gasteiger partial charge < -0.3 is 4.74 Å². The van der Waals surface area contributed by atoms with Crippen molar-refractivity contribution < 1.29 is 18.3 Å². The van der Waals surface area contributed by atoms with Gasteiger partial charge in [-0.2, -0.15) is 0 Å². The summed E-state index contributed by atoms with van der Waals surface area (Å²) in [5.74, 6) is -1.73. The first-order chi connectivity index (χ1) is 10.1. The highest BCUT2D eigenvalue weighted by molar-refractivity contribution is 5.89. The van der Waals surface area contributed by atoms with E-state index in [1.54, 1.807) is 6.07 Å². The van der Waals surface area contributed by atoms with Crippen LogP contribution >= 0.6 is 0 Å². The first-order valence-corrected chi connectivity index (χ1v) is 5.98. The van der Waals surface area contributed by atoms with E-state index in [0.29, 0.717) is 5.65 Å². The number of hydrogen-bond acceptors (Lipinski definition) is 4. The Morgan fingerprint density at radius 3 is 2.52 bits per heavy atom. The highest BCUT2D eigenvalue weighted by atomic mass is 19.1. The van der Waals surface area contributed by atoms with Crippen LogP contribution in [0.15, 0.2) is 36.5 Å². The summed E-state index contributed by atoms with van der Waals surface area (Å²) >= 11 is 0. The Kier molecular flexibility index (Phi) is 3.09. The van der Waals surface area contributed by atoms with Crippen molar-refractivity contribution in [3.05, 3.63) is 53.7 Å². The molecule has 7 heteroatoms. The van der Waals surface area contributed by atoms with Gasteiger partial charge >= 0.3 is 5.97 Å². The number of ether oxygens (including phenoxy) is 1. The highest BCUT2D eigenvalue weighted by Crippen LogP contribution is 2.21. The van der Waals surface area contributed by atoms with Gasteiger partial charge in [0.05, 0.1) is 12.7 Å². The van der Waals surface area contributed by atoms with Gasteiger partial charge in [0, 0.05) is 17.8 Å². The van der Waals surface area contributed by atoms with Gasteiger partial charge in [0.25, 0.3) is 0 Å². The average Bonchev–Trinajstić information content (AvgIpc) is 2.88. The van der Waals surface area contributed by atoms with E-state index in [9.17, 15) is 13.6 Å². The van der Waals surface area contributed by atoms with Crippen molar-refractivity contribution in [3.8, 4) is 11.4 Å². The molecule has 2 heterocycles. The second-order valence-corrected chi connectivity index (χ2v) is 4.32. The largest absolute Gasteiger partial charge is 0.465 e. The summed E-state index contributed by atoms with van der Waals surface area (Å²) < 4.78 is 32.7. The number of aromatic nitrogens is 3. The summed E-state index contributed by atoms with van der Waals surface area (Å²) in [6, 6.07) is 6.16. The Morgan fingerprint density at radius 1 is 1.14 bits per heavy atom. The van der Waals surface area contributed by atoms with Gasteiger partial charge in [-0.3, -0.25) is 4.40 Å². The second kappa shape index (κ2) is 4.93. The number of hydrogen-bond donors (Lipinski definition) is 0. The fourth-order valence-electron chi connectivity index (χ4n) is 2.01. The van der Waals surface area contributed by atoms with Crippen LogP contribution in [0.3, 0.4) is 0 Å². The predicted octanol–water partition coefficient (Wildman–Crippen LogP) is 2.46. The normalized spacial score (nSPS) is 10.8. The van der Waals surface area contributed by atoms with Crippen molar-refractivity contribution in [2.75, 3.05) is 7.11 Å². The van der Waals surface area contributed by atoms with Crippen molar-refractivity contribution >= 4 is 11.6 Å². The molecule has 3 rings (SSSR count). The van der Waals surface area contributed by atoms with Gasteiger partial charge in [-0.1, -0.05) is 0 Å². The maximum absolute atomic E-state index is 13.3. The minimum Gasteiger partial charge on any atom is -0.465 e. The van der Waals surface area contributed by atoms with Crippen LogP contribution in [0.4, 0.5) is 8.78 Å². The molecule has 21 heavy (non-hydrogen) atoms. The summed E-state index contributed by atoms with van der Waals surface area (Å²) in [6.45, 7) is 0. The highest BCUT2D eigenvalue weighted by Gasteiger charge is 2.13. The molecule has 3 aromatic rings. The number of nitrogens with zero attached hydrogens (tertiary/aromatic N) is 3. The third kappa shape index (κ3) is 2.33. The molecule has 0 aliphatic rings. The van der Waals surface area contributed by atoms with Crippen molar-refractivity contribution in [1.29, 1.82) is 0 Å². The summed E-state index contributed by atoms with van der Waals surface area (Å²) in [5, 5.41) is 7.80. The molecule has 0 atom stereocenters. The number of methoxy groups -OCH3 is 1. The number of fused-ring (bicyclic) bond motifs is 1. The van der Waals surface area contributed by atoms with E-state index in [1.807, 2.05) is 0 Å². The summed E-state index contributed by atoms with van der Waals surface area (Å²) in [5.41, 5.74) is 0.951. The Morgan fingerprint density at radius 2 is 1.86 bits per heavy atom. The Labute approximate surface area is 117 Å². The number of esters is 1. The SMILES string of the molecule is COC(=O)c1ccc2nnc(-c3cc(F)cc(F)c3)n2c1. The smallest absolute Gasteiger partial charge is 0.339 e. The second-order valence-electron chi connectivity index (χ2n) is 4.32. The van der Waals surface area contributed by atoms with E-state index in [4.69, 9.17) is 0 Å². The van der Waals surface area contributed by atoms with Crippen LogP contribution < -0.4 is 0 Å². The first-order valence-electron chi connectivity index (χ1n) is 5.98. The third-order valence-electron chi connectivity index (χ3n) is 2.94. The molecule has 0 amide bonds. The molecule has 0 unspecified atom stereocenters. The lowest BCUT2D eigenvalue weighted by molar-refractivity contribution is 0.0600. The lowest BCUT2D eigenvalue weighted by Crippen LogP contribution is -2.03. The van der Waals surface area contributed by atoms with Gasteiger partial charge in [0.1, 0.15) is 11.6 Å². The van der Waals surface area contributed by atoms with Crippen LogP contribution in [0.25, 0.3) is 17.0 Å². The van der Waals surface area contributed by atoms with Gasteiger partial charge in [-0.15, -0.1) is 10.2 Å². The molecule has 0 radical (unpaired) electrons. The minimum absolute atomic E-state index is 0.224. The van der Waals surface area contributed by atoms with Crippen LogP contribution in [0, 0.1) is 11.6 Å². The lowest BCUT2D eigenvalue weighted by atomic mass is 10.2. The van der Waals surface area contributed by atoms with E-state index in [2.05, 4.69) is 14.9 Å². The molecule has 0 bridgehead atoms. The third-order valence-corrected chi connectivity index (χ3v) is 2.94. The molecule has 0 fully saturated rings.